The van der Waals surface area contributed by atoms with Gasteiger partial charge >= 0.3 is 17.9 Å². The van der Waals surface area contributed by atoms with Crippen LogP contribution in [0.2, 0.25) is 0 Å². The topological polar surface area (TPSA) is 78.9 Å². The molecule has 0 heterocycles. The quantitative estimate of drug-likeness (QED) is 0.0262. The van der Waals surface area contributed by atoms with Gasteiger partial charge in [-0.15, -0.1) is 0 Å². The number of rotatable bonds is 47. The molecular weight excluding hydrogens is 769 g/mol. The van der Waals surface area contributed by atoms with E-state index in [1.54, 1.807) is 0 Å². The molecule has 0 rings (SSSR count). The number of esters is 3. The van der Waals surface area contributed by atoms with Crippen LogP contribution < -0.4 is 0 Å². The van der Waals surface area contributed by atoms with Gasteiger partial charge in [0.25, 0.3) is 0 Å². The van der Waals surface area contributed by atoms with Crippen LogP contribution in [0.4, 0.5) is 0 Å². The minimum absolute atomic E-state index is 0.0769. The van der Waals surface area contributed by atoms with Gasteiger partial charge in [0.15, 0.2) is 6.10 Å². The van der Waals surface area contributed by atoms with Crippen LogP contribution in [0, 0.1) is 0 Å². The van der Waals surface area contributed by atoms with E-state index in [1.807, 2.05) is 0 Å². The van der Waals surface area contributed by atoms with Crippen molar-refractivity contribution in [2.75, 3.05) is 13.2 Å². The van der Waals surface area contributed by atoms with Gasteiger partial charge < -0.3 is 14.2 Å². The van der Waals surface area contributed by atoms with Gasteiger partial charge in [-0.1, -0.05) is 216 Å². The number of hydrogen-bond acceptors (Lipinski definition) is 6. The summed E-state index contributed by atoms with van der Waals surface area (Å²) in [5.41, 5.74) is 0. The van der Waals surface area contributed by atoms with E-state index in [1.165, 1.54) is 122 Å². The predicted molar refractivity (Wildman–Crippen MR) is 265 cm³/mol. The fourth-order valence-electron chi connectivity index (χ4n) is 7.31. The van der Waals surface area contributed by atoms with Crippen molar-refractivity contribution in [3.63, 3.8) is 0 Å². The number of carbonyl (C=O) groups is 3. The van der Waals surface area contributed by atoms with E-state index < -0.39 is 6.10 Å². The molecular formula is C56H98O6. The summed E-state index contributed by atoms with van der Waals surface area (Å²) in [5, 5.41) is 0. The average molecular weight is 867 g/mol. The van der Waals surface area contributed by atoms with Crippen LogP contribution in [0.15, 0.2) is 60.8 Å². The van der Waals surface area contributed by atoms with Gasteiger partial charge in [0, 0.05) is 19.3 Å². The number of hydrogen-bond donors (Lipinski definition) is 0. The molecule has 0 aromatic carbocycles. The summed E-state index contributed by atoms with van der Waals surface area (Å²) >= 11 is 0. The second kappa shape index (κ2) is 50.8. The monoisotopic (exact) mass is 867 g/mol. The standard InChI is InChI=1S/C56H98O6/c1-4-7-10-13-16-18-20-22-23-24-25-26-27-28-29-30-31-32-33-35-36-38-40-43-46-49-55(58)61-52-53(51-60-54(57)48-45-42-15-12-9-6-3)62-56(59)50-47-44-41-39-37-34-21-19-17-14-11-8-5-2/h7,10,16,18-19,21-23,25-26,53H,4-6,8-9,11-15,17,20,24,27-52H2,1-3H3/b10-7-,18-16-,21-19-,23-22-,26-25-. The molecule has 0 aliphatic heterocycles. The maximum atomic E-state index is 12.7. The summed E-state index contributed by atoms with van der Waals surface area (Å²) < 4.78 is 16.7. The van der Waals surface area contributed by atoms with Gasteiger partial charge in [-0.3, -0.25) is 14.4 Å². The number of carbonyl (C=O) groups excluding carboxylic acids is 3. The van der Waals surface area contributed by atoms with Crippen LogP contribution in [-0.4, -0.2) is 37.2 Å². The third kappa shape index (κ3) is 48.1. The minimum Gasteiger partial charge on any atom is -0.462 e. The fourth-order valence-corrected chi connectivity index (χ4v) is 7.31. The summed E-state index contributed by atoms with van der Waals surface area (Å²) in [7, 11) is 0. The third-order valence-electron chi connectivity index (χ3n) is 11.3. The molecule has 0 aliphatic carbocycles. The Hall–Kier alpha value is -2.89. The summed E-state index contributed by atoms with van der Waals surface area (Å²) in [6, 6.07) is 0. The molecule has 6 nitrogen and oxygen atoms in total. The molecule has 0 spiro atoms. The van der Waals surface area contributed by atoms with Crippen molar-refractivity contribution in [1.82, 2.24) is 0 Å². The maximum absolute atomic E-state index is 12.7. The molecule has 0 bridgehead atoms. The smallest absolute Gasteiger partial charge is 0.306 e. The van der Waals surface area contributed by atoms with Crippen LogP contribution in [0.25, 0.3) is 0 Å². The van der Waals surface area contributed by atoms with E-state index in [2.05, 4.69) is 81.5 Å². The van der Waals surface area contributed by atoms with Gasteiger partial charge in [0.2, 0.25) is 0 Å². The van der Waals surface area contributed by atoms with Gasteiger partial charge in [0.05, 0.1) is 0 Å². The molecule has 0 aliphatic rings. The van der Waals surface area contributed by atoms with Crippen molar-refractivity contribution < 1.29 is 28.6 Å². The number of allylic oxidation sites excluding steroid dienone is 10. The molecule has 358 valence electrons. The largest absolute Gasteiger partial charge is 0.462 e. The zero-order valence-electron chi connectivity index (χ0n) is 40.9. The van der Waals surface area contributed by atoms with Crippen molar-refractivity contribution in [3.05, 3.63) is 60.8 Å². The zero-order valence-corrected chi connectivity index (χ0v) is 40.9. The van der Waals surface area contributed by atoms with Crippen LogP contribution in [0.5, 0.6) is 0 Å². The summed E-state index contributed by atoms with van der Waals surface area (Å²) in [6.07, 6.45) is 62.4. The lowest BCUT2D eigenvalue weighted by Crippen LogP contribution is -2.30. The van der Waals surface area contributed by atoms with Crippen LogP contribution >= 0.6 is 0 Å². The van der Waals surface area contributed by atoms with Crippen LogP contribution in [0.3, 0.4) is 0 Å². The Labute approximate surface area is 383 Å². The fraction of sp³-hybridized carbons (Fsp3) is 0.768. The van der Waals surface area contributed by atoms with E-state index in [-0.39, 0.29) is 31.1 Å². The number of ether oxygens (including phenoxy) is 3. The molecule has 0 saturated heterocycles. The van der Waals surface area contributed by atoms with E-state index in [4.69, 9.17) is 14.2 Å². The zero-order chi connectivity index (χ0) is 45.1. The highest BCUT2D eigenvalue weighted by molar-refractivity contribution is 5.71. The van der Waals surface area contributed by atoms with Crippen LogP contribution in [0.1, 0.15) is 258 Å². The highest BCUT2D eigenvalue weighted by Crippen LogP contribution is 2.15. The normalized spacial score (nSPS) is 12.5. The van der Waals surface area contributed by atoms with Crippen molar-refractivity contribution in [2.24, 2.45) is 0 Å². The van der Waals surface area contributed by atoms with Crippen molar-refractivity contribution in [2.45, 2.75) is 264 Å². The molecule has 1 unspecified atom stereocenters. The Morgan fingerprint density at radius 3 is 1.02 bits per heavy atom. The first-order valence-electron chi connectivity index (χ1n) is 26.3. The highest BCUT2D eigenvalue weighted by atomic mass is 16.6. The third-order valence-corrected chi connectivity index (χ3v) is 11.3. The summed E-state index contributed by atoms with van der Waals surface area (Å²) in [5.74, 6) is -0.893. The first kappa shape index (κ1) is 59.1. The molecule has 0 aromatic heterocycles. The second-order valence-electron chi connectivity index (χ2n) is 17.4. The maximum Gasteiger partial charge on any atom is 0.306 e. The molecule has 0 aromatic rings. The van der Waals surface area contributed by atoms with E-state index in [0.29, 0.717) is 19.3 Å². The Bertz CT molecular complexity index is 1130. The molecule has 0 N–H and O–H groups in total. The second-order valence-corrected chi connectivity index (χ2v) is 17.4. The number of unbranched alkanes of at least 4 members (excludes halogenated alkanes) is 26. The lowest BCUT2D eigenvalue weighted by atomic mass is 10.0. The first-order valence-corrected chi connectivity index (χ1v) is 26.3. The van der Waals surface area contributed by atoms with Crippen molar-refractivity contribution in [1.29, 1.82) is 0 Å². The van der Waals surface area contributed by atoms with Crippen molar-refractivity contribution >= 4 is 17.9 Å². The van der Waals surface area contributed by atoms with Gasteiger partial charge in [-0.05, 0) is 83.5 Å². The van der Waals surface area contributed by atoms with Gasteiger partial charge in [-0.25, -0.2) is 0 Å². The van der Waals surface area contributed by atoms with E-state index in [9.17, 15) is 14.4 Å². The Morgan fingerprint density at radius 1 is 0.339 bits per heavy atom. The SMILES string of the molecule is CC/C=C\C/C=C\C/C=C\C/C=C\CCCCCCCCCCCCCCC(=O)OCC(COC(=O)CCCCCCCC)OC(=O)CCCCCCC/C=C\CCCCCC. The highest BCUT2D eigenvalue weighted by Gasteiger charge is 2.19. The molecule has 6 heteroatoms. The molecule has 0 saturated carbocycles. The lowest BCUT2D eigenvalue weighted by Gasteiger charge is -2.18. The van der Waals surface area contributed by atoms with E-state index in [0.717, 1.165) is 96.3 Å². The molecule has 0 radical (unpaired) electrons. The Kier molecular flexibility index (Phi) is 48.4. The molecule has 0 fully saturated rings. The summed E-state index contributed by atoms with van der Waals surface area (Å²) in [4.78, 5) is 37.7. The minimum atomic E-state index is -0.773. The average Bonchev–Trinajstić information content (AvgIpc) is 3.27. The Balaban J connectivity index is 4.11. The van der Waals surface area contributed by atoms with Gasteiger partial charge in [0.1, 0.15) is 13.2 Å². The van der Waals surface area contributed by atoms with Crippen LogP contribution in [-0.2, 0) is 28.6 Å². The first-order chi connectivity index (χ1) is 30.5. The molecule has 62 heavy (non-hydrogen) atoms. The lowest BCUT2D eigenvalue weighted by molar-refractivity contribution is -0.167. The van der Waals surface area contributed by atoms with Gasteiger partial charge in [-0.2, -0.15) is 0 Å². The van der Waals surface area contributed by atoms with Crippen molar-refractivity contribution in [3.8, 4) is 0 Å². The predicted octanol–water partition coefficient (Wildman–Crippen LogP) is 17.3. The van der Waals surface area contributed by atoms with E-state index >= 15 is 0 Å². The summed E-state index contributed by atoms with van der Waals surface area (Å²) in [6.45, 7) is 6.45. The molecule has 1 atom stereocenters. The Morgan fingerprint density at radius 2 is 0.629 bits per heavy atom. The molecule has 0 amide bonds.